The van der Waals surface area contributed by atoms with Crippen molar-refractivity contribution in [3.8, 4) is 0 Å². The molecule has 180 valence electrons. The lowest BCUT2D eigenvalue weighted by atomic mass is 10.1. The predicted octanol–water partition coefficient (Wildman–Crippen LogP) is 2.14. The molecule has 4 rings (SSSR count). The van der Waals surface area contributed by atoms with Crippen LogP contribution < -0.4 is 0 Å². The molecule has 0 radical (unpaired) electrons. The Hall–Kier alpha value is -2.11. The van der Waals surface area contributed by atoms with Gasteiger partial charge < -0.3 is 28.9 Å². The van der Waals surface area contributed by atoms with Crippen molar-refractivity contribution < 1.29 is 37.3 Å². The number of alkyl halides is 3. The molecule has 1 aromatic rings. The van der Waals surface area contributed by atoms with Crippen LogP contribution >= 0.6 is 0 Å². The van der Waals surface area contributed by atoms with Crippen LogP contribution in [0, 0.1) is 0 Å². The summed E-state index contributed by atoms with van der Waals surface area (Å²) >= 11 is 0. The minimum atomic E-state index is -5.08. The molecular formula is C21H30F3N3O5. The summed E-state index contributed by atoms with van der Waals surface area (Å²) in [5, 5.41) is 7.12. The molecule has 0 unspecified atom stereocenters. The number of hydrogen-bond acceptors (Lipinski definition) is 5. The van der Waals surface area contributed by atoms with Crippen LogP contribution in [-0.4, -0.2) is 95.2 Å². The molecule has 11 heteroatoms. The lowest BCUT2D eigenvalue weighted by Gasteiger charge is -2.39. The van der Waals surface area contributed by atoms with Crippen LogP contribution in [0.25, 0.3) is 0 Å². The molecule has 1 aliphatic carbocycles. The second-order valence-corrected chi connectivity index (χ2v) is 8.24. The van der Waals surface area contributed by atoms with Crippen LogP contribution in [0.1, 0.15) is 36.2 Å². The van der Waals surface area contributed by atoms with Crippen molar-refractivity contribution in [1.29, 1.82) is 0 Å². The van der Waals surface area contributed by atoms with Gasteiger partial charge in [0.15, 0.2) is 0 Å². The van der Waals surface area contributed by atoms with Crippen LogP contribution in [0.4, 0.5) is 13.2 Å². The van der Waals surface area contributed by atoms with Gasteiger partial charge in [-0.1, -0.05) is 0 Å². The summed E-state index contributed by atoms with van der Waals surface area (Å²) in [6.45, 7) is 5.46. The number of carbonyl (C=O) groups excluding carboxylic acids is 1. The predicted molar refractivity (Wildman–Crippen MR) is 108 cm³/mol. The molecule has 1 N–H and O–H groups in total. The molecule has 8 nitrogen and oxygen atoms in total. The SMILES string of the molecule is Cn1cccc1C(=O)N1CCO[C@H]2[C@H](OCCN3CCCC3)CC[C@@H]21.O=C(O)C(F)(F)F. The van der Waals surface area contributed by atoms with Gasteiger partial charge in [0.2, 0.25) is 0 Å². The third-order valence-electron chi connectivity index (χ3n) is 6.14. The summed E-state index contributed by atoms with van der Waals surface area (Å²) in [4.78, 5) is 26.3. The third kappa shape index (κ3) is 6.02. The van der Waals surface area contributed by atoms with Crippen molar-refractivity contribution in [3.05, 3.63) is 24.0 Å². The average Bonchev–Trinajstić information content (AvgIpc) is 3.49. The van der Waals surface area contributed by atoms with Gasteiger partial charge in [0, 0.05) is 26.3 Å². The number of ether oxygens (including phenoxy) is 2. The van der Waals surface area contributed by atoms with Gasteiger partial charge in [-0.2, -0.15) is 13.2 Å². The number of likely N-dealkylation sites (tertiary alicyclic amines) is 1. The molecule has 2 saturated heterocycles. The number of morpholine rings is 1. The van der Waals surface area contributed by atoms with Gasteiger partial charge in [0.25, 0.3) is 5.91 Å². The van der Waals surface area contributed by atoms with E-state index in [0.717, 1.165) is 31.7 Å². The molecule has 2 aliphatic heterocycles. The van der Waals surface area contributed by atoms with E-state index in [9.17, 15) is 18.0 Å². The van der Waals surface area contributed by atoms with Crippen LogP contribution in [0.3, 0.4) is 0 Å². The first kappa shape index (κ1) is 24.5. The molecule has 0 spiro atoms. The van der Waals surface area contributed by atoms with Gasteiger partial charge in [-0.25, -0.2) is 4.79 Å². The molecule has 0 aromatic carbocycles. The largest absolute Gasteiger partial charge is 0.490 e. The van der Waals surface area contributed by atoms with Gasteiger partial charge in [0.1, 0.15) is 11.8 Å². The number of hydrogen-bond donors (Lipinski definition) is 1. The Morgan fingerprint density at radius 2 is 1.91 bits per heavy atom. The van der Waals surface area contributed by atoms with Crippen molar-refractivity contribution >= 4 is 11.9 Å². The molecule has 3 fully saturated rings. The fraction of sp³-hybridized carbons (Fsp3) is 0.714. The Morgan fingerprint density at radius 3 is 2.50 bits per heavy atom. The summed E-state index contributed by atoms with van der Waals surface area (Å²) in [6.07, 6.45) is 1.56. The fourth-order valence-corrected chi connectivity index (χ4v) is 4.52. The number of aliphatic carboxylic acids is 1. The second-order valence-electron chi connectivity index (χ2n) is 8.24. The average molecular weight is 461 g/mol. The Labute approximate surface area is 184 Å². The molecule has 32 heavy (non-hydrogen) atoms. The highest BCUT2D eigenvalue weighted by Crippen LogP contribution is 2.33. The van der Waals surface area contributed by atoms with Crippen molar-refractivity contribution in [2.45, 2.75) is 50.1 Å². The normalized spacial score (nSPS) is 25.9. The summed E-state index contributed by atoms with van der Waals surface area (Å²) in [6, 6.07) is 3.96. The molecule has 1 saturated carbocycles. The van der Waals surface area contributed by atoms with Crippen molar-refractivity contribution in [3.63, 3.8) is 0 Å². The molecule has 3 atom stereocenters. The third-order valence-corrected chi connectivity index (χ3v) is 6.14. The Kier molecular flexibility index (Phi) is 8.18. The minimum absolute atomic E-state index is 0.0246. The molecule has 1 aromatic heterocycles. The first-order valence-electron chi connectivity index (χ1n) is 10.9. The standard InChI is InChI=1S/C19H29N3O3.C2HF3O2/c1-20-8-4-5-16(20)19(23)22-12-14-25-18-15(22)6-7-17(18)24-13-11-21-9-2-3-10-21;3-2(4,5)1(6)7/h4-5,8,15,17-18H,2-3,6-7,9-14H2,1H3;(H,6,7)/t15-,17+,18+;/m0./s1. The Bertz CT molecular complexity index is 779. The van der Waals surface area contributed by atoms with Crippen LogP contribution in [0.15, 0.2) is 18.3 Å². The van der Waals surface area contributed by atoms with E-state index in [1.807, 2.05) is 34.8 Å². The van der Waals surface area contributed by atoms with E-state index in [1.165, 1.54) is 25.9 Å². The number of aromatic nitrogens is 1. The van der Waals surface area contributed by atoms with E-state index in [0.29, 0.717) is 13.2 Å². The molecular weight excluding hydrogens is 431 g/mol. The van der Waals surface area contributed by atoms with E-state index in [-0.39, 0.29) is 24.2 Å². The molecule has 0 bridgehead atoms. The van der Waals surface area contributed by atoms with Gasteiger partial charge in [0.05, 0.1) is 25.4 Å². The van der Waals surface area contributed by atoms with E-state index < -0.39 is 12.1 Å². The summed E-state index contributed by atoms with van der Waals surface area (Å²) in [7, 11) is 1.92. The number of halogens is 3. The maximum Gasteiger partial charge on any atom is 0.490 e. The number of carbonyl (C=O) groups is 2. The van der Waals surface area contributed by atoms with Gasteiger partial charge in [-0.05, 0) is 50.9 Å². The number of carboxylic acid groups (broad SMARTS) is 1. The quantitative estimate of drug-likeness (QED) is 0.724. The molecule has 1 amide bonds. The first-order chi connectivity index (χ1) is 15.2. The van der Waals surface area contributed by atoms with Crippen LogP contribution in [-0.2, 0) is 21.3 Å². The number of aryl methyl sites for hydroxylation is 1. The summed E-state index contributed by atoms with van der Waals surface area (Å²) < 4.78 is 45.8. The monoisotopic (exact) mass is 461 g/mol. The van der Waals surface area contributed by atoms with Crippen molar-refractivity contribution in [2.75, 3.05) is 39.4 Å². The maximum absolute atomic E-state index is 12.9. The number of rotatable bonds is 5. The minimum Gasteiger partial charge on any atom is -0.475 e. The van der Waals surface area contributed by atoms with Crippen LogP contribution in [0.5, 0.6) is 0 Å². The molecule has 3 aliphatic rings. The van der Waals surface area contributed by atoms with E-state index >= 15 is 0 Å². The van der Waals surface area contributed by atoms with E-state index in [2.05, 4.69) is 4.90 Å². The topological polar surface area (TPSA) is 84.2 Å². The van der Waals surface area contributed by atoms with E-state index in [4.69, 9.17) is 19.4 Å². The fourth-order valence-electron chi connectivity index (χ4n) is 4.52. The van der Waals surface area contributed by atoms with Gasteiger partial charge >= 0.3 is 12.1 Å². The lowest BCUT2D eigenvalue weighted by Crippen LogP contribution is -2.54. The zero-order chi connectivity index (χ0) is 23.3. The second kappa shape index (κ2) is 10.7. The number of nitrogens with zero attached hydrogens (tertiary/aromatic N) is 3. The molecule has 3 heterocycles. The van der Waals surface area contributed by atoms with E-state index in [1.54, 1.807) is 0 Å². The number of fused-ring (bicyclic) bond motifs is 1. The highest BCUT2D eigenvalue weighted by atomic mass is 19.4. The zero-order valence-electron chi connectivity index (χ0n) is 18.1. The summed E-state index contributed by atoms with van der Waals surface area (Å²) in [5.41, 5.74) is 0.749. The van der Waals surface area contributed by atoms with Crippen LogP contribution in [0.2, 0.25) is 0 Å². The van der Waals surface area contributed by atoms with Crippen molar-refractivity contribution in [1.82, 2.24) is 14.4 Å². The first-order valence-corrected chi connectivity index (χ1v) is 10.9. The van der Waals surface area contributed by atoms with Crippen molar-refractivity contribution in [2.24, 2.45) is 7.05 Å². The maximum atomic E-state index is 12.9. The van der Waals surface area contributed by atoms with Gasteiger partial charge in [-0.15, -0.1) is 0 Å². The van der Waals surface area contributed by atoms with Gasteiger partial charge in [-0.3, -0.25) is 4.79 Å². The lowest BCUT2D eigenvalue weighted by molar-refractivity contribution is -0.192. The zero-order valence-corrected chi connectivity index (χ0v) is 18.1. The smallest absolute Gasteiger partial charge is 0.475 e. The number of amides is 1. The summed E-state index contributed by atoms with van der Waals surface area (Å²) in [5.74, 6) is -2.64. The highest BCUT2D eigenvalue weighted by Gasteiger charge is 2.45. The highest BCUT2D eigenvalue weighted by molar-refractivity contribution is 5.93. The number of carboxylic acids is 1. The Balaban J connectivity index is 0.000000360. The Morgan fingerprint density at radius 1 is 1.22 bits per heavy atom.